The van der Waals surface area contributed by atoms with Crippen molar-refractivity contribution in [1.29, 1.82) is 0 Å². The van der Waals surface area contributed by atoms with Crippen LogP contribution in [0.2, 0.25) is 0 Å². The molecule has 0 saturated carbocycles. The van der Waals surface area contributed by atoms with Crippen LogP contribution in [0, 0.1) is 13.8 Å². The molecule has 2 aromatic rings. The average Bonchev–Trinajstić information content (AvgIpc) is 2.38. The molecule has 6 heteroatoms. The lowest BCUT2D eigenvalue weighted by molar-refractivity contribution is 0.102. The van der Waals surface area contributed by atoms with Gasteiger partial charge in [-0.15, -0.1) is 0 Å². The quantitative estimate of drug-likeness (QED) is 0.890. The largest absolute Gasteiger partial charge is 0.370 e. The van der Waals surface area contributed by atoms with Gasteiger partial charge in [-0.1, -0.05) is 6.07 Å². The Kier molecular flexibility index (Phi) is 4.24. The molecule has 0 bridgehead atoms. The summed E-state index contributed by atoms with van der Waals surface area (Å²) in [5.41, 5.74) is 1.94. The summed E-state index contributed by atoms with van der Waals surface area (Å²) in [6.07, 6.45) is 0. The van der Waals surface area contributed by atoms with Gasteiger partial charge in [0.25, 0.3) is 5.91 Å². The van der Waals surface area contributed by atoms with Crippen LogP contribution in [-0.4, -0.2) is 27.4 Å². The number of aromatic nitrogens is 3. The number of pyridine rings is 1. The maximum atomic E-state index is 12.1. The standard InChI is InChI=1S/C14H17N5O/c1-4-15-12-7-5-6-11(18-12)13(20)19-14-16-9(2)8-10(3)17-14/h5-8H,4H2,1-3H3,(H,15,18)(H,16,17,19,20). The first-order valence-corrected chi connectivity index (χ1v) is 6.43. The second-order valence-corrected chi connectivity index (χ2v) is 4.37. The van der Waals surface area contributed by atoms with Gasteiger partial charge >= 0.3 is 0 Å². The molecule has 2 aromatic heterocycles. The third-order valence-electron chi connectivity index (χ3n) is 2.55. The zero-order valence-electron chi connectivity index (χ0n) is 11.8. The molecule has 104 valence electrons. The van der Waals surface area contributed by atoms with E-state index in [4.69, 9.17) is 0 Å². The van der Waals surface area contributed by atoms with Gasteiger partial charge < -0.3 is 5.32 Å². The third kappa shape index (κ3) is 3.50. The van der Waals surface area contributed by atoms with Crippen LogP contribution in [0.4, 0.5) is 11.8 Å². The predicted octanol–water partition coefficient (Wildman–Crippen LogP) is 2.17. The van der Waals surface area contributed by atoms with Crippen molar-refractivity contribution in [2.75, 3.05) is 17.2 Å². The van der Waals surface area contributed by atoms with Crippen molar-refractivity contribution in [3.05, 3.63) is 41.3 Å². The lowest BCUT2D eigenvalue weighted by atomic mass is 10.3. The number of rotatable bonds is 4. The van der Waals surface area contributed by atoms with Crippen molar-refractivity contribution in [1.82, 2.24) is 15.0 Å². The lowest BCUT2D eigenvalue weighted by Crippen LogP contribution is -2.17. The van der Waals surface area contributed by atoms with E-state index in [0.717, 1.165) is 17.9 Å². The minimum absolute atomic E-state index is 0.295. The molecule has 0 atom stereocenters. The highest BCUT2D eigenvalue weighted by molar-refractivity contribution is 6.02. The zero-order valence-corrected chi connectivity index (χ0v) is 11.8. The van der Waals surface area contributed by atoms with Crippen molar-refractivity contribution in [2.45, 2.75) is 20.8 Å². The van der Waals surface area contributed by atoms with Gasteiger partial charge in [0.1, 0.15) is 11.5 Å². The van der Waals surface area contributed by atoms with E-state index in [2.05, 4.69) is 25.6 Å². The van der Waals surface area contributed by atoms with Gasteiger partial charge in [-0.2, -0.15) is 0 Å². The molecule has 1 amide bonds. The number of nitrogens with one attached hydrogen (secondary N) is 2. The van der Waals surface area contributed by atoms with E-state index in [1.807, 2.05) is 32.9 Å². The molecule has 0 radical (unpaired) electrons. The molecule has 0 spiro atoms. The van der Waals surface area contributed by atoms with Crippen LogP contribution in [0.15, 0.2) is 24.3 Å². The first-order valence-electron chi connectivity index (χ1n) is 6.43. The molecule has 6 nitrogen and oxygen atoms in total. The van der Waals surface area contributed by atoms with Gasteiger partial charge in [-0.25, -0.2) is 15.0 Å². The van der Waals surface area contributed by atoms with E-state index in [1.165, 1.54) is 0 Å². The van der Waals surface area contributed by atoms with Crippen LogP contribution in [0.3, 0.4) is 0 Å². The zero-order chi connectivity index (χ0) is 14.5. The fourth-order valence-corrected chi connectivity index (χ4v) is 1.79. The minimum Gasteiger partial charge on any atom is -0.370 e. The number of carbonyl (C=O) groups excluding carboxylic acids is 1. The predicted molar refractivity (Wildman–Crippen MR) is 77.9 cm³/mol. The Morgan fingerprint density at radius 3 is 2.50 bits per heavy atom. The van der Waals surface area contributed by atoms with E-state index in [1.54, 1.807) is 12.1 Å². The van der Waals surface area contributed by atoms with Crippen LogP contribution in [0.5, 0.6) is 0 Å². The number of hydrogen-bond donors (Lipinski definition) is 2. The van der Waals surface area contributed by atoms with Crippen molar-refractivity contribution in [2.24, 2.45) is 0 Å². The fourth-order valence-electron chi connectivity index (χ4n) is 1.79. The van der Waals surface area contributed by atoms with Crippen molar-refractivity contribution >= 4 is 17.7 Å². The van der Waals surface area contributed by atoms with Crippen LogP contribution >= 0.6 is 0 Å². The van der Waals surface area contributed by atoms with Crippen LogP contribution in [0.1, 0.15) is 28.8 Å². The first-order chi connectivity index (χ1) is 9.58. The number of anilines is 2. The summed E-state index contributed by atoms with van der Waals surface area (Å²) in [6.45, 7) is 6.43. The Hall–Kier alpha value is -2.50. The summed E-state index contributed by atoms with van der Waals surface area (Å²) in [6, 6.07) is 7.09. The Morgan fingerprint density at radius 2 is 1.85 bits per heavy atom. The van der Waals surface area contributed by atoms with E-state index in [0.29, 0.717) is 17.5 Å². The maximum absolute atomic E-state index is 12.1. The molecule has 0 unspecified atom stereocenters. The summed E-state index contributed by atoms with van der Waals surface area (Å²) >= 11 is 0. The summed E-state index contributed by atoms with van der Waals surface area (Å²) in [4.78, 5) is 24.7. The molecule has 0 aromatic carbocycles. The topological polar surface area (TPSA) is 79.8 Å². The molecule has 2 N–H and O–H groups in total. The van der Waals surface area contributed by atoms with Crippen molar-refractivity contribution in [3.63, 3.8) is 0 Å². The number of amides is 1. The summed E-state index contributed by atoms with van der Waals surface area (Å²) < 4.78 is 0. The van der Waals surface area contributed by atoms with E-state index < -0.39 is 0 Å². The fraction of sp³-hybridized carbons (Fsp3) is 0.286. The normalized spacial score (nSPS) is 10.2. The Bertz CT molecular complexity index is 606. The summed E-state index contributed by atoms with van der Waals surface area (Å²) in [5.74, 6) is 0.638. The van der Waals surface area contributed by atoms with Crippen LogP contribution in [0.25, 0.3) is 0 Å². The molecule has 0 fully saturated rings. The van der Waals surface area contributed by atoms with Gasteiger partial charge in [0, 0.05) is 17.9 Å². The van der Waals surface area contributed by atoms with Crippen LogP contribution in [-0.2, 0) is 0 Å². The molecular weight excluding hydrogens is 254 g/mol. The maximum Gasteiger partial charge on any atom is 0.276 e. The summed E-state index contributed by atoms with van der Waals surface area (Å²) in [7, 11) is 0. The van der Waals surface area contributed by atoms with Gasteiger partial charge in [-0.05, 0) is 39.0 Å². The monoisotopic (exact) mass is 271 g/mol. The SMILES string of the molecule is CCNc1cccc(C(=O)Nc2nc(C)cc(C)n2)n1. The van der Waals surface area contributed by atoms with Gasteiger partial charge in [0.05, 0.1) is 0 Å². The second kappa shape index (κ2) is 6.10. The second-order valence-electron chi connectivity index (χ2n) is 4.37. The minimum atomic E-state index is -0.324. The van der Waals surface area contributed by atoms with Crippen molar-refractivity contribution < 1.29 is 4.79 Å². The lowest BCUT2D eigenvalue weighted by Gasteiger charge is -2.07. The molecular formula is C14H17N5O. The molecule has 20 heavy (non-hydrogen) atoms. The van der Waals surface area contributed by atoms with E-state index in [-0.39, 0.29) is 5.91 Å². The Labute approximate surface area is 117 Å². The first kappa shape index (κ1) is 13.9. The smallest absolute Gasteiger partial charge is 0.276 e. The van der Waals surface area contributed by atoms with Gasteiger partial charge in [-0.3, -0.25) is 10.1 Å². The molecule has 0 aliphatic carbocycles. The van der Waals surface area contributed by atoms with Gasteiger partial charge in [0.15, 0.2) is 0 Å². The number of hydrogen-bond acceptors (Lipinski definition) is 5. The number of carbonyl (C=O) groups is 1. The molecule has 2 heterocycles. The number of aryl methyl sites for hydroxylation is 2. The Balaban J connectivity index is 2.17. The van der Waals surface area contributed by atoms with Crippen LogP contribution < -0.4 is 10.6 Å². The highest BCUT2D eigenvalue weighted by Gasteiger charge is 2.10. The Morgan fingerprint density at radius 1 is 1.15 bits per heavy atom. The van der Waals surface area contributed by atoms with E-state index in [9.17, 15) is 4.79 Å². The van der Waals surface area contributed by atoms with Gasteiger partial charge in [0.2, 0.25) is 5.95 Å². The highest BCUT2D eigenvalue weighted by atomic mass is 16.2. The highest BCUT2D eigenvalue weighted by Crippen LogP contribution is 2.08. The molecule has 0 aliphatic heterocycles. The molecule has 2 rings (SSSR count). The van der Waals surface area contributed by atoms with Crippen molar-refractivity contribution in [3.8, 4) is 0 Å². The third-order valence-corrected chi connectivity index (χ3v) is 2.55. The summed E-state index contributed by atoms with van der Waals surface area (Å²) in [5, 5.41) is 5.72. The molecule has 0 aliphatic rings. The molecule has 0 saturated heterocycles. The van der Waals surface area contributed by atoms with E-state index >= 15 is 0 Å². The average molecular weight is 271 g/mol. The number of nitrogens with zero attached hydrogens (tertiary/aromatic N) is 3.